The number of hydrogen-bond acceptors (Lipinski definition) is 7. The molecular weight excluding hydrogens is 390 g/mol. The third-order valence-corrected chi connectivity index (χ3v) is 5.61. The average Bonchev–Trinajstić information content (AvgIpc) is 2.75. The van der Waals surface area contributed by atoms with Crippen molar-refractivity contribution in [3.63, 3.8) is 0 Å². The number of piperazine rings is 1. The summed E-state index contributed by atoms with van der Waals surface area (Å²) in [6.45, 7) is 14.0. The van der Waals surface area contributed by atoms with E-state index >= 15 is 0 Å². The van der Waals surface area contributed by atoms with Crippen LogP contribution in [0, 0.1) is 13.8 Å². The normalized spacial score (nSPS) is 16.4. The molecule has 0 bridgehead atoms. The molecule has 1 fully saturated rings. The number of nitrogens with zero attached hydrogens (tertiary/aromatic N) is 4. The number of hydrogen-bond donors (Lipinski definition) is 2. The summed E-state index contributed by atoms with van der Waals surface area (Å²) < 4.78 is 5.86. The van der Waals surface area contributed by atoms with Gasteiger partial charge in [-0.3, -0.25) is 4.90 Å². The number of likely N-dealkylation sites (N-methyl/N-ethyl adjacent to an activating group) is 1. The Hall–Kier alpha value is -2.06. The minimum Gasteiger partial charge on any atom is -0.491 e. The van der Waals surface area contributed by atoms with Crippen molar-refractivity contribution >= 4 is 0 Å². The first kappa shape index (κ1) is 23.6. The molecule has 2 heterocycles. The summed E-state index contributed by atoms with van der Waals surface area (Å²) in [5.74, 6) is 1.68. The lowest BCUT2D eigenvalue weighted by atomic mass is 10.2. The van der Waals surface area contributed by atoms with Crippen LogP contribution in [0.3, 0.4) is 0 Å². The van der Waals surface area contributed by atoms with Crippen molar-refractivity contribution in [3.8, 4) is 5.75 Å². The predicted molar refractivity (Wildman–Crippen MR) is 123 cm³/mol. The van der Waals surface area contributed by atoms with Crippen LogP contribution in [0.5, 0.6) is 5.75 Å². The van der Waals surface area contributed by atoms with E-state index < -0.39 is 6.10 Å². The molecular formula is C24H37N5O2. The van der Waals surface area contributed by atoms with Gasteiger partial charge >= 0.3 is 0 Å². The molecule has 170 valence electrons. The van der Waals surface area contributed by atoms with Gasteiger partial charge in [-0.15, -0.1) is 0 Å². The summed E-state index contributed by atoms with van der Waals surface area (Å²) in [4.78, 5) is 13.7. The van der Waals surface area contributed by atoms with Crippen molar-refractivity contribution in [2.24, 2.45) is 0 Å². The van der Waals surface area contributed by atoms with E-state index in [9.17, 15) is 5.11 Å². The molecule has 1 saturated heterocycles. The lowest BCUT2D eigenvalue weighted by Gasteiger charge is -2.34. The van der Waals surface area contributed by atoms with Crippen LogP contribution in [-0.4, -0.2) is 83.4 Å². The fraction of sp³-hybridized carbons (Fsp3) is 0.583. The SMILES string of the molecule is CCN1CCN(C[C@@H](O)COc2cccc(CNCCc3nc(C)cc(C)n3)c2)CC1. The Morgan fingerprint density at radius 2 is 1.77 bits per heavy atom. The molecule has 0 radical (unpaired) electrons. The van der Waals surface area contributed by atoms with Crippen molar-refractivity contribution < 1.29 is 9.84 Å². The highest BCUT2D eigenvalue weighted by Crippen LogP contribution is 2.14. The van der Waals surface area contributed by atoms with Crippen molar-refractivity contribution in [1.29, 1.82) is 0 Å². The number of ether oxygens (including phenoxy) is 1. The molecule has 31 heavy (non-hydrogen) atoms. The van der Waals surface area contributed by atoms with E-state index in [1.165, 1.54) is 0 Å². The van der Waals surface area contributed by atoms with E-state index in [2.05, 4.69) is 38.1 Å². The molecule has 1 atom stereocenters. The highest BCUT2D eigenvalue weighted by molar-refractivity contribution is 5.28. The van der Waals surface area contributed by atoms with Gasteiger partial charge in [0, 0.05) is 63.6 Å². The first-order valence-electron chi connectivity index (χ1n) is 11.4. The second-order valence-electron chi connectivity index (χ2n) is 8.34. The highest BCUT2D eigenvalue weighted by Gasteiger charge is 2.18. The van der Waals surface area contributed by atoms with Crippen LogP contribution in [0.2, 0.25) is 0 Å². The zero-order valence-corrected chi connectivity index (χ0v) is 19.2. The minimum absolute atomic E-state index is 0.314. The number of aliphatic hydroxyl groups is 1. The molecule has 3 rings (SSSR count). The molecule has 1 aromatic carbocycles. The molecule has 0 unspecified atom stereocenters. The number of nitrogens with one attached hydrogen (secondary N) is 1. The maximum atomic E-state index is 10.4. The van der Waals surface area contributed by atoms with Crippen molar-refractivity contribution in [2.45, 2.75) is 39.8 Å². The van der Waals surface area contributed by atoms with Crippen molar-refractivity contribution in [3.05, 3.63) is 53.1 Å². The van der Waals surface area contributed by atoms with Crippen LogP contribution in [-0.2, 0) is 13.0 Å². The van der Waals surface area contributed by atoms with E-state index in [-0.39, 0.29) is 0 Å². The molecule has 0 spiro atoms. The Morgan fingerprint density at radius 1 is 1.06 bits per heavy atom. The number of aromatic nitrogens is 2. The summed E-state index contributed by atoms with van der Waals surface area (Å²) >= 11 is 0. The first-order chi connectivity index (χ1) is 15.0. The van der Waals surface area contributed by atoms with E-state index in [1.807, 2.05) is 38.1 Å². The van der Waals surface area contributed by atoms with Crippen LogP contribution in [0.15, 0.2) is 30.3 Å². The molecule has 2 aromatic rings. The van der Waals surface area contributed by atoms with Gasteiger partial charge in [0.05, 0.1) is 0 Å². The average molecular weight is 428 g/mol. The Balaban J connectivity index is 1.36. The molecule has 0 aliphatic carbocycles. The maximum absolute atomic E-state index is 10.4. The summed E-state index contributed by atoms with van der Waals surface area (Å²) in [5, 5.41) is 13.8. The Kier molecular flexibility index (Phi) is 9.21. The van der Waals surface area contributed by atoms with Gasteiger partial charge in [0.1, 0.15) is 24.3 Å². The molecule has 0 saturated carbocycles. The van der Waals surface area contributed by atoms with Gasteiger partial charge in [0.15, 0.2) is 0 Å². The van der Waals surface area contributed by atoms with Gasteiger partial charge in [-0.25, -0.2) is 9.97 Å². The molecule has 7 nitrogen and oxygen atoms in total. The smallest absolute Gasteiger partial charge is 0.130 e. The zero-order valence-electron chi connectivity index (χ0n) is 19.2. The Labute approximate surface area is 186 Å². The second-order valence-corrected chi connectivity index (χ2v) is 8.34. The van der Waals surface area contributed by atoms with E-state index in [0.717, 1.165) is 80.8 Å². The van der Waals surface area contributed by atoms with Crippen LogP contribution in [0.4, 0.5) is 0 Å². The van der Waals surface area contributed by atoms with Crippen molar-refractivity contribution in [2.75, 3.05) is 52.4 Å². The Morgan fingerprint density at radius 3 is 2.48 bits per heavy atom. The molecule has 7 heteroatoms. The standard InChI is InChI=1S/C24H37N5O2/c1-4-28-10-12-29(13-11-28)17-22(30)18-31-23-7-5-6-21(15-23)16-25-9-8-24-26-19(2)14-20(3)27-24/h5-7,14-15,22,25,30H,4,8-13,16-18H2,1-3H3/t22-/m1/s1. The quantitative estimate of drug-likeness (QED) is 0.530. The van der Waals surface area contributed by atoms with Crippen LogP contribution in [0.25, 0.3) is 0 Å². The topological polar surface area (TPSA) is 73.8 Å². The number of aliphatic hydroxyl groups excluding tert-OH is 1. The number of β-amino-alcohol motifs (C(OH)–C–C–N with tert-alkyl or cyclic N) is 1. The molecule has 1 aromatic heterocycles. The maximum Gasteiger partial charge on any atom is 0.130 e. The summed E-state index contributed by atoms with van der Waals surface area (Å²) in [7, 11) is 0. The summed E-state index contributed by atoms with van der Waals surface area (Å²) in [5.41, 5.74) is 3.18. The highest BCUT2D eigenvalue weighted by atomic mass is 16.5. The molecule has 2 N–H and O–H groups in total. The van der Waals surface area contributed by atoms with Gasteiger partial charge in [0.25, 0.3) is 0 Å². The minimum atomic E-state index is -0.479. The third-order valence-electron chi connectivity index (χ3n) is 5.61. The van der Waals surface area contributed by atoms with Gasteiger partial charge < -0.3 is 20.1 Å². The second kappa shape index (κ2) is 12.1. The molecule has 1 aliphatic heterocycles. The zero-order chi connectivity index (χ0) is 22.1. The van der Waals surface area contributed by atoms with Crippen LogP contribution < -0.4 is 10.1 Å². The van der Waals surface area contributed by atoms with Gasteiger partial charge in [0.2, 0.25) is 0 Å². The van der Waals surface area contributed by atoms with Gasteiger partial charge in [-0.05, 0) is 44.2 Å². The lowest BCUT2D eigenvalue weighted by molar-refractivity contribution is 0.0471. The van der Waals surface area contributed by atoms with Gasteiger partial charge in [-0.2, -0.15) is 0 Å². The van der Waals surface area contributed by atoms with E-state index in [4.69, 9.17) is 4.74 Å². The van der Waals surface area contributed by atoms with Crippen molar-refractivity contribution in [1.82, 2.24) is 25.1 Å². The van der Waals surface area contributed by atoms with Gasteiger partial charge in [-0.1, -0.05) is 19.1 Å². The summed E-state index contributed by atoms with van der Waals surface area (Å²) in [6.07, 6.45) is 0.324. The summed E-state index contributed by atoms with van der Waals surface area (Å²) in [6, 6.07) is 10.0. The largest absolute Gasteiger partial charge is 0.491 e. The monoisotopic (exact) mass is 427 g/mol. The fourth-order valence-corrected chi connectivity index (χ4v) is 3.92. The van der Waals surface area contributed by atoms with Crippen LogP contribution in [0.1, 0.15) is 29.7 Å². The Bertz CT molecular complexity index is 788. The van der Waals surface area contributed by atoms with E-state index in [0.29, 0.717) is 13.2 Å². The number of benzene rings is 1. The first-order valence-corrected chi connectivity index (χ1v) is 11.4. The number of aryl methyl sites for hydroxylation is 2. The predicted octanol–water partition coefficient (Wildman–Crippen LogP) is 1.80. The fourth-order valence-electron chi connectivity index (χ4n) is 3.92. The third kappa shape index (κ3) is 8.18. The molecule has 1 aliphatic rings. The number of rotatable bonds is 11. The molecule has 0 amide bonds. The van der Waals surface area contributed by atoms with E-state index in [1.54, 1.807) is 0 Å². The lowest BCUT2D eigenvalue weighted by Crippen LogP contribution is -2.49. The van der Waals surface area contributed by atoms with Crippen LogP contribution >= 0.6 is 0 Å².